The van der Waals surface area contributed by atoms with Crippen LogP contribution in [0.4, 0.5) is 5.69 Å². The Labute approximate surface area is 121 Å². The first-order chi connectivity index (χ1) is 9.13. The van der Waals surface area contributed by atoms with Crippen LogP contribution in [0.5, 0.6) is 0 Å². The van der Waals surface area contributed by atoms with E-state index in [-0.39, 0.29) is 12.3 Å². The average molecular weight is 322 g/mol. The van der Waals surface area contributed by atoms with Gasteiger partial charge in [-0.3, -0.25) is 4.79 Å². The second kappa shape index (κ2) is 6.18. The summed E-state index contributed by atoms with van der Waals surface area (Å²) in [7, 11) is 0. The molecule has 19 heavy (non-hydrogen) atoms. The lowest BCUT2D eigenvalue weighted by Crippen LogP contribution is -2.43. The second-order valence-electron chi connectivity index (χ2n) is 4.64. The molecule has 1 heterocycles. The third-order valence-electron chi connectivity index (χ3n) is 3.26. The first-order valence-electron chi connectivity index (χ1n) is 6.31. The minimum atomic E-state index is -0.393. The van der Waals surface area contributed by atoms with Crippen LogP contribution in [-0.4, -0.2) is 25.0 Å². The van der Waals surface area contributed by atoms with Crippen LogP contribution >= 0.6 is 15.9 Å². The number of carbonyl (C=O) groups excluding carboxylic acids is 1. The van der Waals surface area contributed by atoms with Crippen molar-refractivity contribution in [2.75, 3.05) is 18.0 Å². The summed E-state index contributed by atoms with van der Waals surface area (Å²) in [5.41, 5.74) is 1.99. The Hall–Kier alpha value is -1.38. The van der Waals surface area contributed by atoms with Gasteiger partial charge < -0.3 is 10.2 Å². The van der Waals surface area contributed by atoms with E-state index in [1.807, 2.05) is 25.1 Å². The van der Waals surface area contributed by atoms with Gasteiger partial charge in [0.25, 0.3) is 0 Å². The van der Waals surface area contributed by atoms with Crippen LogP contribution in [0.25, 0.3) is 0 Å². The molecule has 0 radical (unpaired) electrons. The molecule has 0 saturated carbocycles. The number of rotatable bonds is 2. The van der Waals surface area contributed by atoms with E-state index in [9.17, 15) is 4.79 Å². The standard InChI is InChI=1S/C14H16BrN3O/c1-10-9-11(15)3-4-13(10)18-8-2-7-17-12(5-6-16)14(18)19/h3-4,9,12,17H,2,5,7-8H2,1H3. The third-order valence-corrected chi connectivity index (χ3v) is 3.75. The number of amides is 1. The van der Waals surface area contributed by atoms with Gasteiger partial charge in [0, 0.05) is 16.7 Å². The molecule has 2 rings (SSSR count). The smallest absolute Gasteiger partial charge is 0.245 e. The molecule has 1 aliphatic heterocycles. The molecule has 0 spiro atoms. The number of carbonyl (C=O) groups is 1. The first-order valence-corrected chi connectivity index (χ1v) is 7.10. The number of hydrogen-bond donors (Lipinski definition) is 1. The van der Waals surface area contributed by atoms with Gasteiger partial charge in [0.15, 0.2) is 0 Å². The zero-order valence-electron chi connectivity index (χ0n) is 10.8. The number of aryl methyl sites for hydroxylation is 1. The van der Waals surface area contributed by atoms with Crippen LogP contribution in [0, 0.1) is 18.3 Å². The molecule has 1 aromatic rings. The molecule has 5 heteroatoms. The third kappa shape index (κ3) is 3.14. The topological polar surface area (TPSA) is 56.1 Å². The molecule has 1 unspecified atom stereocenters. The molecular weight excluding hydrogens is 306 g/mol. The molecule has 1 amide bonds. The molecule has 0 aliphatic carbocycles. The zero-order chi connectivity index (χ0) is 13.8. The highest BCUT2D eigenvalue weighted by Crippen LogP contribution is 2.25. The van der Waals surface area contributed by atoms with E-state index in [2.05, 4.69) is 27.3 Å². The highest BCUT2D eigenvalue weighted by molar-refractivity contribution is 9.10. The van der Waals surface area contributed by atoms with Crippen molar-refractivity contribution < 1.29 is 4.79 Å². The molecular formula is C14H16BrN3O. The summed E-state index contributed by atoms with van der Waals surface area (Å²) >= 11 is 3.43. The zero-order valence-corrected chi connectivity index (χ0v) is 12.4. The Kier molecular flexibility index (Phi) is 4.56. The van der Waals surface area contributed by atoms with Gasteiger partial charge in [-0.2, -0.15) is 5.26 Å². The summed E-state index contributed by atoms with van der Waals surface area (Å²) in [6.07, 6.45) is 1.11. The summed E-state index contributed by atoms with van der Waals surface area (Å²) in [5, 5.41) is 11.9. The summed E-state index contributed by atoms with van der Waals surface area (Å²) < 4.78 is 1.00. The number of benzene rings is 1. The monoisotopic (exact) mass is 321 g/mol. The molecule has 0 bridgehead atoms. The SMILES string of the molecule is Cc1cc(Br)ccc1N1CCCNC(CC#N)C1=O. The summed E-state index contributed by atoms with van der Waals surface area (Å²) in [5.74, 6) is -0.00975. The van der Waals surface area contributed by atoms with Crippen LogP contribution in [0.2, 0.25) is 0 Å². The van der Waals surface area contributed by atoms with Crippen LogP contribution < -0.4 is 10.2 Å². The van der Waals surface area contributed by atoms with Gasteiger partial charge in [0.2, 0.25) is 5.91 Å². The van der Waals surface area contributed by atoms with Gasteiger partial charge in [0.05, 0.1) is 12.5 Å². The van der Waals surface area contributed by atoms with Gasteiger partial charge in [0.1, 0.15) is 6.04 Å². The molecule has 1 saturated heterocycles. The van der Waals surface area contributed by atoms with Crippen molar-refractivity contribution in [1.29, 1.82) is 5.26 Å². The lowest BCUT2D eigenvalue weighted by Gasteiger charge is -2.25. The number of nitrogens with one attached hydrogen (secondary N) is 1. The van der Waals surface area contributed by atoms with Crippen LogP contribution in [0.1, 0.15) is 18.4 Å². The number of nitrogens with zero attached hydrogens (tertiary/aromatic N) is 2. The van der Waals surface area contributed by atoms with E-state index >= 15 is 0 Å². The van der Waals surface area contributed by atoms with Crippen molar-refractivity contribution in [2.24, 2.45) is 0 Å². The average Bonchev–Trinajstić information content (AvgIpc) is 2.54. The van der Waals surface area contributed by atoms with Gasteiger partial charge in [-0.05, 0) is 43.7 Å². The Morgan fingerprint density at radius 1 is 1.58 bits per heavy atom. The van der Waals surface area contributed by atoms with Gasteiger partial charge in [-0.15, -0.1) is 0 Å². The maximum absolute atomic E-state index is 12.5. The number of anilines is 1. The summed E-state index contributed by atoms with van der Waals surface area (Å²) in [6, 6.07) is 7.57. The van der Waals surface area contributed by atoms with E-state index in [1.54, 1.807) is 4.90 Å². The molecule has 1 N–H and O–H groups in total. The minimum Gasteiger partial charge on any atom is -0.311 e. The molecule has 1 aromatic carbocycles. The molecule has 100 valence electrons. The normalized spacial score (nSPS) is 19.9. The van der Waals surface area contributed by atoms with Crippen molar-refractivity contribution in [2.45, 2.75) is 25.8 Å². The summed E-state index contributed by atoms with van der Waals surface area (Å²) in [4.78, 5) is 14.3. The Bertz CT molecular complexity index is 524. The Morgan fingerprint density at radius 2 is 2.37 bits per heavy atom. The fourth-order valence-electron chi connectivity index (χ4n) is 2.31. The maximum atomic E-state index is 12.5. The van der Waals surface area contributed by atoms with Crippen molar-refractivity contribution in [1.82, 2.24) is 5.32 Å². The Morgan fingerprint density at radius 3 is 3.05 bits per heavy atom. The van der Waals surface area contributed by atoms with E-state index in [0.29, 0.717) is 6.54 Å². The lowest BCUT2D eigenvalue weighted by molar-refractivity contribution is -0.120. The van der Waals surface area contributed by atoms with Crippen LogP contribution in [0.15, 0.2) is 22.7 Å². The van der Waals surface area contributed by atoms with Crippen molar-refractivity contribution in [3.05, 3.63) is 28.2 Å². The van der Waals surface area contributed by atoms with Gasteiger partial charge in [-0.25, -0.2) is 0 Å². The largest absolute Gasteiger partial charge is 0.311 e. The van der Waals surface area contributed by atoms with E-state index in [4.69, 9.17) is 5.26 Å². The molecule has 1 atom stereocenters. The highest BCUT2D eigenvalue weighted by atomic mass is 79.9. The van der Waals surface area contributed by atoms with E-state index in [0.717, 1.165) is 28.7 Å². The minimum absolute atomic E-state index is 0.00975. The molecule has 1 fully saturated rings. The summed E-state index contributed by atoms with van der Waals surface area (Å²) in [6.45, 7) is 3.45. The predicted molar refractivity (Wildman–Crippen MR) is 77.9 cm³/mol. The highest BCUT2D eigenvalue weighted by Gasteiger charge is 2.28. The fourth-order valence-corrected chi connectivity index (χ4v) is 2.79. The lowest BCUT2D eigenvalue weighted by atomic mass is 10.1. The maximum Gasteiger partial charge on any atom is 0.245 e. The molecule has 1 aliphatic rings. The predicted octanol–water partition coefficient (Wildman–Crippen LogP) is 2.37. The number of hydrogen-bond acceptors (Lipinski definition) is 3. The Balaban J connectivity index is 2.31. The van der Waals surface area contributed by atoms with E-state index in [1.165, 1.54) is 0 Å². The second-order valence-corrected chi connectivity index (χ2v) is 5.56. The van der Waals surface area contributed by atoms with Crippen LogP contribution in [0.3, 0.4) is 0 Å². The van der Waals surface area contributed by atoms with Crippen molar-refractivity contribution in [3.63, 3.8) is 0 Å². The fraction of sp³-hybridized carbons (Fsp3) is 0.429. The molecule has 0 aromatic heterocycles. The van der Waals surface area contributed by atoms with Crippen molar-refractivity contribution >= 4 is 27.5 Å². The van der Waals surface area contributed by atoms with E-state index < -0.39 is 6.04 Å². The van der Waals surface area contributed by atoms with Gasteiger partial charge in [-0.1, -0.05) is 15.9 Å². The van der Waals surface area contributed by atoms with Crippen LogP contribution in [-0.2, 0) is 4.79 Å². The molecule has 4 nitrogen and oxygen atoms in total. The van der Waals surface area contributed by atoms with Crippen molar-refractivity contribution in [3.8, 4) is 6.07 Å². The van der Waals surface area contributed by atoms with Gasteiger partial charge >= 0.3 is 0 Å². The quantitative estimate of drug-likeness (QED) is 0.909. The number of nitriles is 1. The number of halogens is 1. The first kappa shape index (κ1) is 14.0.